The van der Waals surface area contributed by atoms with Crippen LogP contribution in [0, 0.1) is 5.92 Å². The van der Waals surface area contributed by atoms with E-state index in [4.69, 9.17) is 10.3 Å². The first kappa shape index (κ1) is 10.6. The minimum Gasteiger partial charge on any atom is -0.441 e. The van der Waals surface area contributed by atoms with Crippen LogP contribution in [-0.4, -0.2) is 11.2 Å². The number of carbonyl (C=O) groups is 1. The van der Waals surface area contributed by atoms with E-state index in [1.54, 1.807) is 6.07 Å². The zero-order valence-corrected chi connectivity index (χ0v) is 8.32. The topological polar surface area (TPSA) is 78.4 Å². The summed E-state index contributed by atoms with van der Waals surface area (Å²) in [6.45, 7) is 4.23. The molecule has 78 valence electrons. The average molecular weight is 198 g/mol. The summed E-state index contributed by atoms with van der Waals surface area (Å²) in [5.74, 6) is 1.03. The lowest BCUT2D eigenvalue weighted by Crippen LogP contribution is -2.12. The molecule has 0 unspecified atom stereocenters. The van der Waals surface area contributed by atoms with E-state index in [9.17, 15) is 4.79 Å². The van der Waals surface area contributed by atoms with Crippen LogP contribution in [0.5, 0.6) is 0 Å². The maximum absolute atomic E-state index is 10.3. The van der Waals surface area contributed by atoms with Crippen molar-refractivity contribution in [3.8, 4) is 0 Å². The van der Waals surface area contributed by atoms with E-state index in [2.05, 4.69) is 23.7 Å². The third-order valence-corrected chi connectivity index (χ3v) is 1.58. The first-order chi connectivity index (χ1) is 6.58. The van der Waals surface area contributed by atoms with Crippen molar-refractivity contribution in [1.82, 2.24) is 5.16 Å². The molecule has 0 saturated carbocycles. The zero-order valence-electron chi connectivity index (χ0n) is 8.32. The molecule has 1 amide bonds. The van der Waals surface area contributed by atoms with Crippen LogP contribution in [0.4, 0.5) is 4.79 Å². The Morgan fingerprint density at radius 1 is 1.71 bits per heavy atom. The molecular weight excluding hydrogens is 184 g/mol. The fourth-order valence-electron chi connectivity index (χ4n) is 1.08. The summed E-state index contributed by atoms with van der Waals surface area (Å²) < 4.78 is 9.48. The number of ether oxygens (including phenoxy) is 1. The van der Waals surface area contributed by atoms with Gasteiger partial charge >= 0.3 is 6.09 Å². The molecule has 0 bridgehead atoms. The van der Waals surface area contributed by atoms with E-state index in [0.717, 1.165) is 12.1 Å². The largest absolute Gasteiger partial charge is 0.441 e. The fraction of sp³-hybridized carbons (Fsp3) is 0.556. The van der Waals surface area contributed by atoms with Gasteiger partial charge in [-0.25, -0.2) is 4.79 Å². The number of aromatic nitrogens is 1. The summed E-state index contributed by atoms with van der Waals surface area (Å²) in [7, 11) is 0. The Hall–Kier alpha value is -1.52. The lowest BCUT2D eigenvalue weighted by molar-refractivity contribution is 0.137. The van der Waals surface area contributed by atoms with Gasteiger partial charge < -0.3 is 15.0 Å². The van der Waals surface area contributed by atoms with Crippen LogP contribution in [0.1, 0.15) is 25.3 Å². The molecule has 1 rings (SSSR count). The quantitative estimate of drug-likeness (QED) is 0.794. The molecule has 0 saturated heterocycles. The van der Waals surface area contributed by atoms with Crippen LogP contribution in [0.15, 0.2) is 10.6 Å². The van der Waals surface area contributed by atoms with Gasteiger partial charge in [-0.3, -0.25) is 0 Å². The van der Waals surface area contributed by atoms with Crippen LogP contribution >= 0.6 is 0 Å². The van der Waals surface area contributed by atoms with E-state index < -0.39 is 6.09 Å². The number of amides is 1. The van der Waals surface area contributed by atoms with E-state index >= 15 is 0 Å². The van der Waals surface area contributed by atoms with Crippen molar-refractivity contribution in [3.05, 3.63) is 17.5 Å². The van der Waals surface area contributed by atoms with Crippen LogP contribution in [-0.2, 0) is 17.8 Å². The van der Waals surface area contributed by atoms with Crippen molar-refractivity contribution in [3.63, 3.8) is 0 Å². The van der Waals surface area contributed by atoms with E-state index in [1.807, 2.05) is 0 Å². The molecule has 2 N–H and O–H groups in total. The molecule has 0 aromatic carbocycles. The number of nitrogens with zero attached hydrogens (tertiary/aromatic N) is 1. The monoisotopic (exact) mass is 198 g/mol. The maximum atomic E-state index is 10.3. The van der Waals surface area contributed by atoms with Crippen molar-refractivity contribution in [2.24, 2.45) is 11.7 Å². The van der Waals surface area contributed by atoms with Crippen molar-refractivity contribution < 1.29 is 14.1 Å². The maximum Gasteiger partial charge on any atom is 0.404 e. The minimum atomic E-state index is -0.813. The fourth-order valence-corrected chi connectivity index (χ4v) is 1.08. The molecule has 1 aromatic heterocycles. The lowest BCUT2D eigenvalue weighted by Gasteiger charge is -1.97. The predicted octanol–water partition coefficient (Wildman–Crippen LogP) is 1.47. The molecule has 0 aliphatic carbocycles. The van der Waals surface area contributed by atoms with Crippen LogP contribution < -0.4 is 5.73 Å². The SMILES string of the molecule is CC(C)Cc1cc(COC(N)=O)on1. The van der Waals surface area contributed by atoms with Gasteiger partial charge in [-0.2, -0.15) is 0 Å². The summed E-state index contributed by atoms with van der Waals surface area (Å²) in [5, 5.41) is 3.83. The highest BCUT2D eigenvalue weighted by molar-refractivity contribution is 5.64. The van der Waals surface area contributed by atoms with Gasteiger partial charge in [0.1, 0.15) is 0 Å². The van der Waals surface area contributed by atoms with E-state index in [1.165, 1.54) is 0 Å². The molecule has 0 aliphatic rings. The third-order valence-electron chi connectivity index (χ3n) is 1.58. The Morgan fingerprint density at radius 3 is 3.00 bits per heavy atom. The first-order valence-corrected chi connectivity index (χ1v) is 4.44. The highest BCUT2D eigenvalue weighted by Crippen LogP contribution is 2.09. The smallest absolute Gasteiger partial charge is 0.404 e. The third kappa shape index (κ3) is 3.47. The Kier molecular flexibility index (Phi) is 3.50. The first-order valence-electron chi connectivity index (χ1n) is 4.44. The lowest BCUT2D eigenvalue weighted by atomic mass is 10.1. The number of rotatable bonds is 4. The summed E-state index contributed by atoms with van der Waals surface area (Å²) in [6, 6.07) is 1.77. The van der Waals surface area contributed by atoms with Gasteiger partial charge in [-0.05, 0) is 12.3 Å². The number of carbonyl (C=O) groups excluding carboxylic acids is 1. The molecule has 0 spiro atoms. The highest BCUT2D eigenvalue weighted by Gasteiger charge is 2.07. The minimum absolute atomic E-state index is 0.0421. The zero-order chi connectivity index (χ0) is 10.6. The van der Waals surface area contributed by atoms with Crippen LogP contribution in [0.3, 0.4) is 0 Å². The van der Waals surface area contributed by atoms with E-state index in [0.29, 0.717) is 11.7 Å². The van der Waals surface area contributed by atoms with Crippen molar-refractivity contribution in [1.29, 1.82) is 0 Å². The summed E-state index contributed by atoms with van der Waals surface area (Å²) >= 11 is 0. The summed E-state index contributed by atoms with van der Waals surface area (Å²) in [5.41, 5.74) is 5.67. The summed E-state index contributed by atoms with van der Waals surface area (Å²) in [4.78, 5) is 10.3. The van der Waals surface area contributed by atoms with Crippen LogP contribution in [0.25, 0.3) is 0 Å². The van der Waals surface area contributed by atoms with Gasteiger partial charge in [0.25, 0.3) is 0 Å². The molecule has 5 nitrogen and oxygen atoms in total. The van der Waals surface area contributed by atoms with Gasteiger partial charge in [0.15, 0.2) is 12.4 Å². The molecule has 1 aromatic rings. The molecule has 0 radical (unpaired) electrons. The highest BCUT2D eigenvalue weighted by atomic mass is 16.6. The molecule has 14 heavy (non-hydrogen) atoms. The second-order valence-electron chi connectivity index (χ2n) is 3.49. The Labute approximate surface area is 82.2 Å². The van der Waals surface area contributed by atoms with Crippen molar-refractivity contribution in [2.75, 3.05) is 0 Å². The Bertz CT molecular complexity index is 307. The number of primary amides is 1. The normalized spacial score (nSPS) is 10.5. The van der Waals surface area contributed by atoms with Gasteiger partial charge in [0.2, 0.25) is 0 Å². The van der Waals surface area contributed by atoms with Gasteiger partial charge in [-0.15, -0.1) is 0 Å². The average Bonchev–Trinajstić information content (AvgIpc) is 2.47. The van der Waals surface area contributed by atoms with Gasteiger partial charge in [0.05, 0.1) is 5.69 Å². The second-order valence-corrected chi connectivity index (χ2v) is 3.49. The number of hydrogen-bond donors (Lipinski definition) is 1. The molecule has 0 aliphatic heterocycles. The Balaban J connectivity index is 2.46. The van der Waals surface area contributed by atoms with Crippen molar-refractivity contribution in [2.45, 2.75) is 26.9 Å². The second kappa shape index (κ2) is 4.64. The molecule has 0 atom stereocenters. The molecule has 1 heterocycles. The predicted molar refractivity (Wildman–Crippen MR) is 49.4 cm³/mol. The van der Waals surface area contributed by atoms with Crippen LogP contribution in [0.2, 0.25) is 0 Å². The van der Waals surface area contributed by atoms with Gasteiger partial charge in [0, 0.05) is 6.07 Å². The molecular formula is C9H14N2O3. The number of nitrogens with two attached hydrogens (primary N) is 1. The molecule has 5 heteroatoms. The van der Waals surface area contributed by atoms with E-state index in [-0.39, 0.29) is 6.61 Å². The van der Waals surface area contributed by atoms with Crippen molar-refractivity contribution >= 4 is 6.09 Å². The Morgan fingerprint density at radius 2 is 2.43 bits per heavy atom. The standard InChI is InChI=1S/C9H14N2O3/c1-6(2)3-7-4-8(14-11-7)5-13-9(10)12/h4,6H,3,5H2,1-2H3,(H2,10,12). The summed E-state index contributed by atoms with van der Waals surface area (Å²) in [6.07, 6.45) is 0.0342. The molecule has 0 fully saturated rings. The number of hydrogen-bond acceptors (Lipinski definition) is 4. The van der Waals surface area contributed by atoms with Gasteiger partial charge in [-0.1, -0.05) is 19.0 Å².